The summed E-state index contributed by atoms with van der Waals surface area (Å²) in [6.45, 7) is 5.94. The largest absolute Gasteiger partial charge is 0.495 e. The first-order valence-corrected chi connectivity index (χ1v) is 8.69. The molecule has 1 N–H and O–H groups in total. The van der Waals surface area contributed by atoms with Gasteiger partial charge in [0.15, 0.2) is 0 Å². The highest BCUT2D eigenvalue weighted by molar-refractivity contribution is 7.92. The van der Waals surface area contributed by atoms with Crippen molar-refractivity contribution in [1.82, 2.24) is 0 Å². The van der Waals surface area contributed by atoms with Crippen molar-refractivity contribution in [2.24, 2.45) is 0 Å². The second-order valence-electron chi connectivity index (χ2n) is 6.35. The van der Waals surface area contributed by atoms with Crippen LogP contribution in [0.4, 0.5) is 14.5 Å². The van der Waals surface area contributed by atoms with Crippen molar-refractivity contribution < 1.29 is 21.9 Å². The average molecular weight is 355 g/mol. The predicted octanol–water partition coefficient (Wildman–Crippen LogP) is 4.07. The highest BCUT2D eigenvalue weighted by Crippen LogP contribution is 2.33. The molecule has 0 spiro atoms. The molecule has 0 heterocycles. The van der Waals surface area contributed by atoms with Gasteiger partial charge in [-0.3, -0.25) is 4.72 Å². The van der Waals surface area contributed by atoms with E-state index in [-0.39, 0.29) is 11.1 Å². The molecule has 4 nitrogen and oxygen atoms in total. The van der Waals surface area contributed by atoms with E-state index >= 15 is 0 Å². The smallest absolute Gasteiger partial charge is 0.264 e. The van der Waals surface area contributed by atoms with Crippen molar-refractivity contribution in [2.45, 2.75) is 31.1 Å². The third-order valence-electron chi connectivity index (χ3n) is 3.49. The van der Waals surface area contributed by atoms with Crippen molar-refractivity contribution in [2.75, 3.05) is 11.8 Å². The predicted molar refractivity (Wildman–Crippen MR) is 88.9 cm³/mol. The molecule has 24 heavy (non-hydrogen) atoms. The number of halogens is 2. The maximum Gasteiger partial charge on any atom is 0.264 e. The number of benzene rings is 2. The maximum absolute atomic E-state index is 13.8. The number of anilines is 1. The molecule has 0 aliphatic heterocycles. The minimum Gasteiger partial charge on any atom is -0.495 e. The van der Waals surface area contributed by atoms with E-state index in [0.717, 1.165) is 17.7 Å². The molecule has 7 heteroatoms. The summed E-state index contributed by atoms with van der Waals surface area (Å²) in [4.78, 5) is -0.632. The topological polar surface area (TPSA) is 55.4 Å². The zero-order chi connectivity index (χ0) is 18.1. The standard InChI is InChI=1S/C17H19F2NO3S/c1-17(2,3)11-5-7-15(23-4)14(9-11)20-24(21,22)16-8-6-12(18)10-13(16)19/h5-10,20H,1-4H3. The van der Waals surface area contributed by atoms with E-state index in [4.69, 9.17) is 4.74 Å². The first-order chi connectivity index (χ1) is 11.0. The van der Waals surface area contributed by atoms with Crippen LogP contribution in [0.15, 0.2) is 41.3 Å². The van der Waals surface area contributed by atoms with Gasteiger partial charge in [-0.15, -0.1) is 0 Å². The number of ether oxygens (including phenoxy) is 1. The lowest BCUT2D eigenvalue weighted by Crippen LogP contribution is -2.17. The van der Waals surface area contributed by atoms with Crippen LogP contribution in [0.3, 0.4) is 0 Å². The van der Waals surface area contributed by atoms with Crippen LogP contribution in [0.25, 0.3) is 0 Å². The maximum atomic E-state index is 13.8. The number of methoxy groups -OCH3 is 1. The molecule has 0 bridgehead atoms. The fourth-order valence-corrected chi connectivity index (χ4v) is 3.27. The summed E-state index contributed by atoms with van der Waals surface area (Å²) < 4.78 is 59.1. The third kappa shape index (κ3) is 3.84. The van der Waals surface area contributed by atoms with E-state index in [9.17, 15) is 17.2 Å². The second-order valence-corrected chi connectivity index (χ2v) is 8.00. The van der Waals surface area contributed by atoms with Crippen LogP contribution in [0.5, 0.6) is 5.75 Å². The average Bonchev–Trinajstić information content (AvgIpc) is 2.45. The van der Waals surface area contributed by atoms with E-state index < -0.39 is 26.6 Å². The Kier molecular flexibility index (Phi) is 4.85. The first kappa shape index (κ1) is 18.2. The quantitative estimate of drug-likeness (QED) is 0.899. The summed E-state index contributed by atoms with van der Waals surface area (Å²) in [5.41, 5.74) is 0.849. The molecule has 0 radical (unpaired) electrons. The lowest BCUT2D eigenvalue weighted by molar-refractivity contribution is 0.416. The van der Waals surface area contributed by atoms with E-state index in [1.165, 1.54) is 7.11 Å². The molecular weight excluding hydrogens is 336 g/mol. The van der Waals surface area contributed by atoms with Crippen molar-refractivity contribution in [3.8, 4) is 5.75 Å². The van der Waals surface area contributed by atoms with Crippen LogP contribution in [0.1, 0.15) is 26.3 Å². The van der Waals surface area contributed by atoms with E-state index in [1.54, 1.807) is 12.1 Å². The van der Waals surface area contributed by atoms with Gasteiger partial charge in [0.2, 0.25) is 0 Å². The molecule has 0 unspecified atom stereocenters. The van der Waals surface area contributed by atoms with Gasteiger partial charge in [0.1, 0.15) is 22.3 Å². The first-order valence-electron chi connectivity index (χ1n) is 7.21. The SMILES string of the molecule is COc1ccc(C(C)(C)C)cc1NS(=O)(=O)c1ccc(F)cc1F. The number of sulfonamides is 1. The van der Waals surface area contributed by atoms with Crippen molar-refractivity contribution in [3.05, 3.63) is 53.6 Å². The van der Waals surface area contributed by atoms with Crippen LogP contribution >= 0.6 is 0 Å². The molecule has 2 rings (SSSR count). The van der Waals surface area contributed by atoms with Crippen LogP contribution in [-0.4, -0.2) is 15.5 Å². The van der Waals surface area contributed by atoms with Crippen molar-refractivity contribution in [1.29, 1.82) is 0 Å². The summed E-state index contributed by atoms with van der Waals surface area (Å²) in [7, 11) is -2.82. The van der Waals surface area contributed by atoms with Crippen LogP contribution in [-0.2, 0) is 15.4 Å². The number of hydrogen-bond acceptors (Lipinski definition) is 3. The molecule has 0 fully saturated rings. The highest BCUT2D eigenvalue weighted by Gasteiger charge is 2.23. The van der Waals surface area contributed by atoms with Gasteiger partial charge >= 0.3 is 0 Å². The third-order valence-corrected chi connectivity index (χ3v) is 4.89. The Labute approximate surface area is 140 Å². The van der Waals surface area contributed by atoms with E-state index in [0.29, 0.717) is 11.8 Å². The van der Waals surface area contributed by atoms with Crippen LogP contribution < -0.4 is 9.46 Å². The summed E-state index contributed by atoms with van der Waals surface area (Å²) in [6, 6.07) is 7.40. The fraction of sp³-hybridized carbons (Fsp3) is 0.294. The van der Waals surface area contributed by atoms with Crippen molar-refractivity contribution in [3.63, 3.8) is 0 Å². The molecule has 2 aromatic carbocycles. The van der Waals surface area contributed by atoms with E-state index in [1.807, 2.05) is 26.8 Å². The van der Waals surface area contributed by atoms with Gasteiger partial charge in [-0.25, -0.2) is 17.2 Å². The molecule has 0 saturated heterocycles. The molecule has 2 aromatic rings. The Morgan fingerprint density at radius 2 is 1.71 bits per heavy atom. The zero-order valence-electron chi connectivity index (χ0n) is 13.9. The second kappa shape index (κ2) is 6.39. The van der Waals surface area contributed by atoms with Crippen molar-refractivity contribution >= 4 is 15.7 Å². The molecule has 0 aliphatic rings. The van der Waals surface area contributed by atoms with Gasteiger partial charge in [0.05, 0.1) is 12.8 Å². The lowest BCUT2D eigenvalue weighted by atomic mass is 9.87. The monoisotopic (exact) mass is 355 g/mol. The van der Waals surface area contributed by atoms with Gasteiger partial charge in [0, 0.05) is 6.07 Å². The number of rotatable bonds is 4. The minimum atomic E-state index is -4.23. The molecule has 0 aromatic heterocycles. The van der Waals surface area contributed by atoms with Gasteiger partial charge < -0.3 is 4.74 Å². The Bertz CT molecular complexity index is 859. The Morgan fingerprint density at radius 3 is 2.25 bits per heavy atom. The van der Waals surface area contributed by atoms with Crippen LogP contribution in [0, 0.1) is 11.6 Å². The lowest BCUT2D eigenvalue weighted by Gasteiger charge is -2.21. The Hall–Kier alpha value is -2.15. The molecule has 0 amide bonds. The van der Waals surface area contributed by atoms with E-state index in [2.05, 4.69) is 4.72 Å². The Morgan fingerprint density at radius 1 is 1.04 bits per heavy atom. The normalized spacial score (nSPS) is 12.1. The van der Waals surface area contributed by atoms with Gasteiger partial charge in [-0.2, -0.15) is 0 Å². The van der Waals surface area contributed by atoms with Gasteiger partial charge in [-0.1, -0.05) is 26.8 Å². The fourth-order valence-electron chi connectivity index (χ4n) is 2.15. The van der Waals surface area contributed by atoms with Gasteiger partial charge in [0.25, 0.3) is 10.0 Å². The summed E-state index contributed by atoms with van der Waals surface area (Å²) in [6.07, 6.45) is 0. The molecule has 0 atom stereocenters. The Balaban J connectivity index is 2.49. The molecule has 130 valence electrons. The van der Waals surface area contributed by atoms with Crippen LogP contribution in [0.2, 0.25) is 0 Å². The van der Waals surface area contributed by atoms with Gasteiger partial charge in [-0.05, 0) is 35.2 Å². The number of hydrogen-bond donors (Lipinski definition) is 1. The summed E-state index contributed by atoms with van der Waals surface area (Å²) in [5, 5.41) is 0. The minimum absolute atomic E-state index is 0.189. The molecule has 0 saturated carbocycles. The summed E-state index contributed by atoms with van der Waals surface area (Å²) in [5.74, 6) is -1.71. The summed E-state index contributed by atoms with van der Waals surface area (Å²) >= 11 is 0. The molecular formula is C17H19F2NO3S. The molecule has 0 aliphatic carbocycles. The highest BCUT2D eigenvalue weighted by atomic mass is 32.2. The zero-order valence-corrected chi connectivity index (χ0v) is 14.7. The number of nitrogens with one attached hydrogen (secondary N) is 1.